The lowest BCUT2D eigenvalue weighted by molar-refractivity contribution is 0.0187. The monoisotopic (exact) mass is 488 g/mol. The summed E-state index contributed by atoms with van der Waals surface area (Å²) in [7, 11) is 0. The standard InChI is InChI=1S/C20H32N4O2.HI/c1-20(2,3)26-19(25)24-13-10-17(11-14-24)15-23-18(21)22-12-9-16-7-5-4-6-8-16;/h4-8,17H,9-15H2,1-3H3,(H3,21,22,23);1H. The Balaban J connectivity index is 0.00000364. The van der Waals surface area contributed by atoms with Gasteiger partial charge in [-0.1, -0.05) is 30.3 Å². The van der Waals surface area contributed by atoms with E-state index in [4.69, 9.17) is 10.5 Å². The minimum absolute atomic E-state index is 0. The van der Waals surface area contributed by atoms with Crippen LogP contribution in [0, 0.1) is 5.92 Å². The van der Waals surface area contributed by atoms with Gasteiger partial charge in [0.25, 0.3) is 0 Å². The van der Waals surface area contributed by atoms with Gasteiger partial charge in [0.2, 0.25) is 0 Å². The number of nitrogens with one attached hydrogen (secondary N) is 1. The number of amides is 1. The molecular formula is C20H33IN4O2. The molecule has 1 fully saturated rings. The van der Waals surface area contributed by atoms with E-state index in [1.807, 2.05) is 39.0 Å². The van der Waals surface area contributed by atoms with E-state index < -0.39 is 5.60 Å². The molecule has 0 unspecified atom stereocenters. The van der Waals surface area contributed by atoms with E-state index in [0.717, 1.165) is 38.9 Å². The van der Waals surface area contributed by atoms with Gasteiger partial charge in [-0.3, -0.25) is 4.99 Å². The molecule has 1 aliphatic heterocycles. The number of piperidine rings is 1. The molecule has 152 valence electrons. The number of nitrogens with two attached hydrogens (primary N) is 1. The molecule has 1 aliphatic rings. The zero-order valence-electron chi connectivity index (χ0n) is 16.6. The molecule has 0 radical (unpaired) electrons. The highest BCUT2D eigenvalue weighted by atomic mass is 127. The van der Waals surface area contributed by atoms with Crippen molar-refractivity contribution in [3.8, 4) is 0 Å². The molecule has 0 spiro atoms. The fourth-order valence-corrected chi connectivity index (χ4v) is 2.89. The number of hydrogen-bond donors (Lipinski definition) is 2. The average Bonchev–Trinajstić information content (AvgIpc) is 2.60. The van der Waals surface area contributed by atoms with Gasteiger partial charge in [0, 0.05) is 26.2 Å². The molecule has 7 heteroatoms. The molecule has 1 saturated heterocycles. The van der Waals surface area contributed by atoms with Crippen molar-refractivity contribution in [3.05, 3.63) is 35.9 Å². The number of aliphatic imine (C=N–C) groups is 1. The predicted octanol–water partition coefficient (Wildman–Crippen LogP) is 3.40. The molecule has 1 aromatic rings. The van der Waals surface area contributed by atoms with Crippen LogP contribution in [0.5, 0.6) is 0 Å². The van der Waals surface area contributed by atoms with E-state index in [-0.39, 0.29) is 30.1 Å². The first kappa shape index (κ1) is 23.5. The maximum atomic E-state index is 12.1. The van der Waals surface area contributed by atoms with E-state index in [1.165, 1.54) is 5.56 Å². The highest BCUT2D eigenvalue weighted by molar-refractivity contribution is 14.0. The van der Waals surface area contributed by atoms with E-state index >= 15 is 0 Å². The molecular weight excluding hydrogens is 455 g/mol. The van der Waals surface area contributed by atoms with Crippen LogP contribution in [0.15, 0.2) is 35.3 Å². The zero-order chi connectivity index (χ0) is 19.0. The number of hydrogen-bond acceptors (Lipinski definition) is 3. The first-order valence-corrected chi connectivity index (χ1v) is 9.39. The molecule has 0 aliphatic carbocycles. The first-order chi connectivity index (χ1) is 12.3. The minimum atomic E-state index is -0.446. The summed E-state index contributed by atoms with van der Waals surface area (Å²) in [6, 6.07) is 10.3. The predicted molar refractivity (Wildman–Crippen MR) is 121 cm³/mol. The molecule has 6 nitrogen and oxygen atoms in total. The maximum absolute atomic E-state index is 12.1. The third-order valence-electron chi connectivity index (χ3n) is 4.35. The van der Waals surface area contributed by atoms with Crippen LogP contribution in [0.4, 0.5) is 4.79 Å². The molecule has 0 saturated carbocycles. The Morgan fingerprint density at radius 1 is 1.26 bits per heavy atom. The van der Waals surface area contributed by atoms with E-state index in [1.54, 1.807) is 4.90 Å². The van der Waals surface area contributed by atoms with Crippen molar-refractivity contribution in [2.45, 2.75) is 45.6 Å². The van der Waals surface area contributed by atoms with Gasteiger partial charge in [-0.25, -0.2) is 4.79 Å². The molecule has 1 heterocycles. The number of carbonyl (C=O) groups is 1. The van der Waals surface area contributed by atoms with E-state index in [9.17, 15) is 4.79 Å². The van der Waals surface area contributed by atoms with Crippen molar-refractivity contribution < 1.29 is 9.53 Å². The number of nitrogens with zero attached hydrogens (tertiary/aromatic N) is 2. The molecule has 3 N–H and O–H groups in total. The molecule has 0 atom stereocenters. The maximum Gasteiger partial charge on any atom is 0.410 e. The van der Waals surface area contributed by atoms with Crippen LogP contribution in [0.1, 0.15) is 39.2 Å². The Bertz CT molecular complexity index is 594. The summed E-state index contributed by atoms with van der Waals surface area (Å²) < 4.78 is 5.42. The van der Waals surface area contributed by atoms with E-state index in [2.05, 4.69) is 22.4 Å². The van der Waals surface area contributed by atoms with Crippen LogP contribution >= 0.6 is 24.0 Å². The van der Waals surface area contributed by atoms with Crippen LogP contribution in [0.3, 0.4) is 0 Å². The van der Waals surface area contributed by atoms with Crippen molar-refractivity contribution in [2.24, 2.45) is 16.6 Å². The second-order valence-corrected chi connectivity index (χ2v) is 7.80. The summed E-state index contributed by atoms with van der Waals surface area (Å²) in [5.41, 5.74) is 6.79. The lowest BCUT2D eigenvalue weighted by Crippen LogP contribution is -2.42. The Morgan fingerprint density at radius 3 is 2.48 bits per heavy atom. The smallest absolute Gasteiger partial charge is 0.410 e. The normalized spacial score (nSPS) is 15.8. The van der Waals surface area contributed by atoms with Gasteiger partial charge >= 0.3 is 6.09 Å². The van der Waals surface area contributed by atoms with Crippen molar-refractivity contribution in [1.29, 1.82) is 0 Å². The van der Waals surface area contributed by atoms with Crippen LogP contribution in [0.2, 0.25) is 0 Å². The third kappa shape index (κ3) is 9.30. The molecule has 1 amide bonds. The lowest BCUT2D eigenvalue weighted by atomic mass is 9.97. The van der Waals surface area contributed by atoms with Crippen molar-refractivity contribution in [3.63, 3.8) is 0 Å². The molecule has 0 bridgehead atoms. The zero-order valence-corrected chi connectivity index (χ0v) is 18.9. The summed E-state index contributed by atoms with van der Waals surface area (Å²) in [6.45, 7) is 8.58. The van der Waals surface area contributed by atoms with Crippen molar-refractivity contribution in [2.75, 3.05) is 26.2 Å². The van der Waals surface area contributed by atoms with Gasteiger partial charge in [-0.15, -0.1) is 24.0 Å². The number of rotatable bonds is 5. The van der Waals surface area contributed by atoms with Gasteiger partial charge in [-0.05, 0) is 51.5 Å². The number of benzene rings is 1. The number of carbonyl (C=O) groups excluding carboxylic acids is 1. The van der Waals surface area contributed by atoms with Crippen LogP contribution in [-0.4, -0.2) is 48.7 Å². The first-order valence-electron chi connectivity index (χ1n) is 9.39. The number of ether oxygens (including phenoxy) is 1. The number of halogens is 1. The summed E-state index contributed by atoms with van der Waals surface area (Å²) in [6.07, 6.45) is 2.56. The topological polar surface area (TPSA) is 80.0 Å². The second-order valence-electron chi connectivity index (χ2n) is 7.80. The molecule has 1 aromatic carbocycles. The van der Waals surface area contributed by atoms with Crippen LogP contribution in [0.25, 0.3) is 0 Å². The molecule has 0 aromatic heterocycles. The fraction of sp³-hybridized carbons (Fsp3) is 0.600. The summed E-state index contributed by atoms with van der Waals surface area (Å²) >= 11 is 0. The number of guanidine groups is 1. The Morgan fingerprint density at radius 2 is 1.89 bits per heavy atom. The quantitative estimate of drug-likeness (QED) is 0.378. The van der Waals surface area contributed by atoms with Gasteiger partial charge in [0.05, 0.1) is 0 Å². The highest BCUT2D eigenvalue weighted by Gasteiger charge is 2.26. The average molecular weight is 488 g/mol. The highest BCUT2D eigenvalue weighted by Crippen LogP contribution is 2.19. The van der Waals surface area contributed by atoms with Gasteiger partial charge in [-0.2, -0.15) is 0 Å². The third-order valence-corrected chi connectivity index (χ3v) is 4.35. The van der Waals surface area contributed by atoms with Gasteiger partial charge < -0.3 is 20.7 Å². The van der Waals surface area contributed by atoms with Gasteiger partial charge in [0.15, 0.2) is 5.96 Å². The Hall–Kier alpha value is -1.51. The lowest BCUT2D eigenvalue weighted by Gasteiger charge is -2.33. The van der Waals surface area contributed by atoms with Crippen LogP contribution in [-0.2, 0) is 11.2 Å². The summed E-state index contributed by atoms with van der Waals surface area (Å²) in [5, 5.41) is 3.17. The summed E-state index contributed by atoms with van der Waals surface area (Å²) in [4.78, 5) is 18.3. The molecule has 27 heavy (non-hydrogen) atoms. The Kier molecular flexibility index (Phi) is 9.90. The Labute approximate surface area is 179 Å². The fourth-order valence-electron chi connectivity index (χ4n) is 2.89. The SMILES string of the molecule is CC(C)(C)OC(=O)N1CCC(CN=C(N)NCCc2ccccc2)CC1.I. The van der Waals surface area contributed by atoms with E-state index in [0.29, 0.717) is 18.4 Å². The molecule has 2 rings (SSSR count). The number of likely N-dealkylation sites (tertiary alicyclic amines) is 1. The van der Waals surface area contributed by atoms with Crippen LogP contribution < -0.4 is 11.1 Å². The summed E-state index contributed by atoms with van der Waals surface area (Å²) in [5.74, 6) is 0.957. The minimum Gasteiger partial charge on any atom is -0.444 e. The van der Waals surface area contributed by atoms with Crippen molar-refractivity contribution >= 4 is 36.0 Å². The van der Waals surface area contributed by atoms with Gasteiger partial charge in [0.1, 0.15) is 5.60 Å². The van der Waals surface area contributed by atoms with Crippen molar-refractivity contribution in [1.82, 2.24) is 10.2 Å². The second kappa shape index (κ2) is 11.4. The largest absolute Gasteiger partial charge is 0.444 e.